The lowest BCUT2D eigenvalue weighted by atomic mass is 9.96. The van der Waals surface area contributed by atoms with E-state index in [4.69, 9.17) is 4.74 Å². The molecule has 1 atom stereocenters. The van der Waals surface area contributed by atoms with Gasteiger partial charge in [-0.3, -0.25) is 4.98 Å². The maximum atomic E-state index is 12.1. The lowest BCUT2D eigenvalue weighted by Gasteiger charge is -2.36. The van der Waals surface area contributed by atoms with Crippen molar-refractivity contribution in [1.82, 2.24) is 9.88 Å². The van der Waals surface area contributed by atoms with Crippen LogP contribution in [0, 0.1) is 0 Å². The Morgan fingerprint density at radius 3 is 2.89 bits per heavy atom. The van der Waals surface area contributed by atoms with E-state index in [2.05, 4.69) is 4.98 Å². The summed E-state index contributed by atoms with van der Waals surface area (Å²) in [7, 11) is 0. The molecular formula is C14H20N2O2. The number of fused-ring (bicyclic) bond motifs is 1. The molecule has 18 heavy (non-hydrogen) atoms. The van der Waals surface area contributed by atoms with Gasteiger partial charge in [-0.05, 0) is 51.3 Å². The summed E-state index contributed by atoms with van der Waals surface area (Å²) in [5.74, 6) is 0. The van der Waals surface area contributed by atoms with Crippen LogP contribution in [0.15, 0.2) is 18.5 Å². The highest BCUT2D eigenvalue weighted by Gasteiger charge is 2.30. The summed E-state index contributed by atoms with van der Waals surface area (Å²) in [6, 6.07) is 2.03. The molecule has 0 saturated carbocycles. The van der Waals surface area contributed by atoms with Gasteiger partial charge in [0.05, 0.1) is 6.04 Å². The van der Waals surface area contributed by atoms with E-state index in [1.807, 2.05) is 40.0 Å². The quantitative estimate of drug-likeness (QED) is 0.709. The summed E-state index contributed by atoms with van der Waals surface area (Å²) in [5.41, 5.74) is 1.95. The average Bonchev–Trinajstić information content (AvgIpc) is 2.27. The molecule has 0 aliphatic carbocycles. The molecule has 2 heterocycles. The third-order valence-electron chi connectivity index (χ3n) is 3.11. The zero-order valence-corrected chi connectivity index (χ0v) is 11.4. The Hall–Kier alpha value is -1.58. The minimum atomic E-state index is -0.449. The summed E-state index contributed by atoms with van der Waals surface area (Å²) in [5, 5.41) is 0. The predicted octanol–water partition coefficient (Wildman–Crippen LogP) is 2.94. The zero-order chi connectivity index (χ0) is 13.3. The molecule has 1 unspecified atom stereocenters. The smallest absolute Gasteiger partial charge is 0.410 e. The van der Waals surface area contributed by atoms with E-state index in [1.165, 1.54) is 11.1 Å². The molecule has 0 fully saturated rings. The van der Waals surface area contributed by atoms with E-state index >= 15 is 0 Å². The number of nitrogens with zero attached hydrogens (tertiary/aromatic N) is 2. The van der Waals surface area contributed by atoms with Crippen LogP contribution in [-0.4, -0.2) is 28.1 Å². The molecule has 1 aliphatic rings. The molecule has 1 aromatic rings. The third-order valence-corrected chi connectivity index (χ3v) is 3.11. The highest BCUT2D eigenvalue weighted by molar-refractivity contribution is 5.69. The van der Waals surface area contributed by atoms with E-state index in [1.54, 1.807) is 11.1 Å². The van der Waals surface area contributed by atoms with Gasteiger partial charge in [0.2, 0.25) is 0 Å². The number of amides is 1. The van der Waals surface area contributed by atoms with E-state index in [9.17, 15) is 4.79 Å². The van der Waals surface area contributed by atoms with Gasteiger partial charge < -0.3 is 9.64 Å². The third kappa shape index (κ3) is 2.63. The molecule has 98 valence electrons. The van der Waals surface area contributed by atoms with Crippen molar-refractivity contribution in [3.05, 3.63) is 29.6 Å². The summed E-state index contributed by atoms with van der Waals surface area (Å²) in [4.78, 5) is 18.0. The molecule has 1 amide bonds. The number of ether oxygens (including phenoxy) is 1. The summed E-state index contributed by atoms with van der Waals surface area (Å²) in [6.45, 7) is 8.38. The first-order valence-corrected chi connectivity index (χ1v) is 6.31. The largest absolute Gasteiger partial charge is 0.444 e. The topological polar surface area (TPSA) is 42.4 Å². The second-order valence-corrected chi connectivity index (χ2v) is 5.67. The van der Waals surface area contributed by atoms with Gasteiger partial charge in [0.15, 0.2) is 0 Å². The number of hydrogen-bond donors (Lipinski definition) is 0. The minimum absolute atomic E-state index is 0.0478. The van der Waals surface area contributed by atoms with Crippen LogP contribution in [0.3, 0.4) is 0 Å². The molecule has 0 spiro atoms. The van der Waals surface area contributed by atoms with Crippen LogP contribution < -0.4 is 0 Å². The Bertz CT molecular complexity index is 451. The van der Waals surface area contributed by atoms with Crippen molar-refractivity contribution >= 4 is 6.09 Å². The zero-order valence-electron chi connectivity index (χ0n) is 11.4. The molecule has 4 heteroatoms. The fourth-order valence-corrected chi connectivity index (χ4v) is 2.23. The van der Waals surface area contributed by atoms with Crippen LogP contribution in [0.1, 0.15) is 44.9 Å². The summed E-state index contributed by atoms with van der Waals surface area (Å²) < 4.78 is 5.43. The second kappa shape index (κ2) is 4.59. The molecule has 1 aromatic heterocycles. The monoisotopic (exact) mass is 248 g/mol. The normalized spacial score (nSPS) is 19.3. The van der Waals surface area contributed by atoms with E-state index in [0.29, 0.717) is 6.54 Å². The van der Waals surface area contributed by atoms with E-state index < -0.39 is 5.60 Å². The first kappa shape index (κ1) is 12.9. The molecule has 0 saturated heterocycles. The number of hydrogen-bond acceptors (Lipinski definition) is 3. The number of rotatable bonds is 0. The lowest BCUT2D eigenvalue weighted by Crippen LogP contribution is -2.42. The second-order valence-electron chi connectivity index (χ2n) is 5.67. The van der Waals surface area contributed by atoms with Gasteiger partial charge in [-0.25, -0.2) is 4.79 Å². The highest BCUT2D eigenvalue weighted by atomic mass is 16.6. The van der Waals surface area contributed by atoms with Gasteiger partial charge in [0, 0.05) is 18.9 Å². The Kier molecular flexibility index (Phi) is 3.28. The molecule has 4 nitrogen and oxygen atoms in total. The minimum Gasteiger partial charge on any atom is -0.444 e. The van der Waals surface area contributed by atoms with Gasteiger partial charge in [0.25, 0.3) is 0 Å². The van der Waals surface area contributed by atoms with Crippen LogP contribution in [0.4, 0.5) is 4.79 Å². The van der Waals surface area contributed by atoms with E-state index in [0.717, 1.165) is 6.42 Å². The Morgan fingerprint density at radius 2 is 2.22 bits per heavy atom. The van der Waals surface area contributed by atoms with Crippen molar-refractivity contribution in [3.8, 4) is 0 Å². The first-order chi connectivity index (χ1) is 8.38. The predicted molar refractivity (Wildman–Crippen MR) is 69.3 cm³/mol. The summed E-state index contributed by atoms with van der Waals surface area (Å²) >= 11 is 0. The van der Waals surface area contributed by atoms with Crippen molar-refractivity contribution in [1.29, 1.82) is 0 Å². The van der Waals surface area contributed by atoms with Gasteiger partial charge in [-0.15, -0.1) is 0 Å². The van der Waals surface area contributed by atoms with Gasteiger partial charge in [0.1, 0.15) is 5.60 Å². The Balaban J connectivity index is 2.17. The van der Waals surface area contributed by atoms with Crippen molar-refractivity contribution in [3.63, 3.8) is 0 Å². The SMILES string of the molecule is CC1c2ccncc2CCN1C(=O)OC(C)(C)C. The molecule has 0 bridgehead atoms. The van der Waals surface area contributed by atoms with E-state index in [-0.39, 0.29) is 12.1 Å². The van der Waals surface area contributed by atoms with Crippen LogP contribution in [0.25, 0.3) is 0 Å². The average molecular weight is 248 g/mol. The van der Waals surface area contributed by atoms with Crippen LogP contribution in [0.2, 0.25) is 0 Å². The Morgan fingerprint density at radius 1 is 1.50 bits per heavy atom. The molecule has 0 radical (unpaired) electrons. The van der Waals surface area contributed by atoms with Crippen molar-refractivity contribution < 1.29 is 9.53 Å². The van der Waals surface area contributed by atoms with Crippen molar-refractivity contribution in [2.75, 3.05) is 6.54 Å². The number of pyridine rings is 1. The standard InChI is InChI=1S/C14H20N2O2/c1-10-12-5-7-15-9-11(12)6-8-16(10)13(17)18-14(2,3)4/h5,7,9-10H,6,8H2,1-4H3. The highest BCUT2D eigenvalue weighted by Crippen LogP contribution is 2.29. The van der Waals surface area contributed by atoms with Crippen molar-refractivity contribution in [2.24, 2.45) is 0 Å². The van der Waals surface area contributed by atoms with Gasteiger partial charge >= 0.3 is 6.09 Å². The number of carbonyl (C=O) groups is 1. The molecule has 0 aromatic carbocycles. The summed E-state index contributed by atoms with van der Waals surface area (Å²) in [6.07, 6.45) is 4.26. The van der Waals surface area contributed by atoms with Gasteiger partial charge in [-0.2, -0.15) is 0 Å². The number of aromatic nitrogens is 1. The molecule has 1 aliphatic heterocycles. The first-order valence-electron chi connectivity index (χ1n) is 6.31. The van der Waals surface area contributed by atoms with Crippen molar-refractivity contribution in [2.45, 2.75) is 45.8 Å². The maximum absolute atomic E-state index is 12.1. The lowest BCUT2D eigenvalue weighted by molar-refractivity contribution is 0.0159. The fraction of sp³-hybridized carbons (Fsp3) is 0.571. The van der Waals surface area contributed by atoms with Crippen LogP contribution in [0.5, 0.6) is 0 Å². The molecular weight excluding hydrogens is 228 g/mol. The molecule has 2 rings (SSSR count). The van der Waals surface area contributed by atoms with Crippen LogP contribution >= 0.6 is 0 Å². The number of carbonyl (C=O) groups excluding carboxylic acids is 1. The fourth-order valence-electron chi connectivity index (χ4n) is 2.23. The maximum Gasteiger partial charge on any atom is 0.410 e. The van der Waals surface area contributed by atoms with Gasteiger partial charge in [-0.1, -0.05) is 0 Å². The molecule has 0 N–H and O–H groups in total. The van der Waals surface area contributed by atoms with Crippen LogP contribution in [-0.2, 0) is 11.2 Å². The Labute approximate surface area is 108 Å².